The number of carbonyl (C=O) groups is 1. The Morgan fingerprint density at radius 3 is 3.00 bits per heavy atom. The number of hydrogen-bond acceptors (Lipinski definition) is 2. The highest BCUT2D eigenvalue weighted by Gasteiger charge is 2.23. The molecule has 18 heavy (non-hydrogen) atoms. The molecule has 0 spiro atoms. The Kier molecular flexibility index (Phi) is 4.32. The molecule has 4 nitrogen and oxygen atoms in total. The Morgan fingerprint density at radius 1 is 1.50 bits per heavy atom. The third kappa shape index (κ3) is 3.07. The van der Waals surface area contributed by atoms with Gasteiger partial charge in [0.15, 0.2) is 0 Å². The van der Waals surface area contributed by atoms with E-state index in [1.54, 1.807) is 23.1 Å². The molecular weight excluding hydrogens is 273 g/mol. The van der Waals surface area contributed by atoms with Gasteiger partial charge >= 0.3 is 6.03 Å². The molecule has 1 aromatic carbocycles. The molecule has 0 aromatic heterocycles. The van der Waals surface area contributed by atoms with E-state index in [9.17, 15) is 4.79 Å². The molecule has 0 saturated carbocycles. The maximum atomic E-state index is 12.1. The van der Waals surface area contributed by atoms with Crippen molar-refractivity contribution in [1.82, 2.24) is 10.2 Å². The van der Waals surface area contributed by atoms with Crippen LogP contribution in [0.15, 0.2) is 18.2 Å². The van der Waals surface area contributed by atoms with Crippen LogP contribution in [-0.4, -0.2) is 36.6 Å². The number of nitrogens with one attached hydrogen (secondary N) is 2. The highest BCUT2D eigenvalue weighted by molar-refractivity contribution is 6.35. The first kappa shape index (κ1) is 13.5. The average molecular weight is 288 g/mol. The Labute approximate surface area is 116 Å². The zero-order valence-corrected chi connectivity index (χ0v) is 11.6. The molecule has 1 unspecified atom stereocenters. The van der Waals surface area contributed by atoms with Crippen molar-refractivity contribution in [2.75, 3.05) is 25.0 Å². The van der Waals surface area contributed by atoms with Gasteiger partial charge in [-0.15, -0.1) is 0 Å². The van der Waals surface area contributed by atoms with Gasteiger partial charge in [0, 0.05) is 30.7 Å². The SMILES string of the molecule is CC1CNCCN1C(=O)Nc1cc(Cl)ccc1Cl. The minimum absolute atomic E-state index is 0.145. The standard InChI is InChI=1S/C12H15Cl2N3O/c1-8-7-15-4-5-17(8)12(18)16-11-6-9(13)2-3-10(11)14/h2-3,6,8,15H,4-5,7H2,1H3,(H,16,18). The summed E-state index contributed by atoms with van der Waals surface area (Å²) in [7, 11) is 0. The lowest BCUT2D eigenvalue weighted by atomic mass is 10.2. The van der Waals surface area contributed by atoms with Crippen molar-refractivity contribution in [1.29, 1.82) is 0 Å². The van der Waals surface area contributed by atoms with Crippen LogP contribution in [0.1, 0.15) is 6.92 Å². The van der Waals surface area contributed by atoms with Crippen LogP contribution in [0.4, 0.5) is 10.5 Å². The van der Waals surface area contributed by atoms with Gasteiger partial charge in [0.25, 0.3) is 0 Å². The number of urea groups is 1. The molecule has 6 heteroatoms. The molecule has 1 aliphatic rings. The van der Waals surface area contributed by atoms with Crippen molar-refractivity contribution < 1.29 is 4.79 Å². The van der Waals surface area contributed by atoms with E-state index >= 15 is 0 Å². The lowest BCUT2D eigenvalue weighted by Gasteiger charge is -2.33. The van der Waals surface area contributed by atoms with Gasteiger partial charge < -0.3 is 15.5 Å². The molecule has 1 fully saturated rings. The van der Waals surface area contributed by atoms with Gasteiger partial charge in [0.2, 0.25) is 0 Å². The quantitative estimate of drug-likeness (QED) is 0.834. The van der Waals surface area contributed by atoms with Gasteiger partial charge in [0.05, 0.1) is 10.7 Å². The number of halogens is 2. The van der Waals surface area contributed by atoms with E-state index in [1.807, 2.05) is 6.92 Å². The van der Waals surface area contributed by atoms with Gasteiger partial charge in [-0.3, -0.25) is 0 Å². The molecule has 0 radical (unpaired) electrons. The number of amides is 2. The smallest absolute Gasteiger partial charge is 0.319 e. The van der Waals surface area contributed by atoms with Gasteiger partial charge in [0.1, 0.15) is 0 Å². The van der Waals surface area contributed by atoms with E-state index in [1.165, 1.54) is 0 Å². The van der Waals surface area contributed by atoms with E-state index in [-0.39, 0.29) is 12.1 Å². The summed E-state index contributed by atoms with van der Waals surface area (Å²) >= 11 is 11.9. The molecule has 1 heterocycles. The zero-order valence-electron chi connectivity index (χ0n) is 10.0. The maximum absolute atomic E-state index is 12.1. The number of hydrogen-bond donors (Lipinski definition) is 2. The third-order valence-corrected chi connectivity index (χ3v) is 3.50. The fourth-order valence-electron chi connectivity index (χ4n) is 1.92. The Bertz CT molecular complexity index is 453. The molecule has 2 amide bonds. The van der Waals surface area contributed by atoms with E-state index in [2.05, 4.69) is 10.6 Å². The van der Waals surface area contributed by atoms with E-state index in [0.717, 1.165) is 13.1 Å². The minimum atomic E-state index is -0.145. The zero-order chi connectivity index (χ0) is 13.1. The topological polar surface area (TPSA) is 44.4 Å². The second kappa shape index (κ2) is 5.78. The predicted molar refractivity (Wildman–Crippen MR) is 74.5 cm³/mol. The summed E-state index contributed by atoms with van der Waals surface area (Å²) in [6, 6.07) is 5.02. The highest BCUT2D eigenvalue weighted by Crippen LogP contribution is 2.25. The van der Waals surface area contributed by atoms with Crippen molar-refractivity contribution >= 4 is 34.9 Å². The number of carbonyl (C=O) groups excluding carboxylic acids is 1. The Hall–Kier alpha value is -0.970. The van der Waals surface area contributed by atoms with Crippen molar-refractivity contribution in [2.24, 2.45) is 0 Å². The molecule has 1 atom stereocenters. The summed E-state index contributed by atoms with van der Waals surface area (Å²) in [5.41, 5.74) is 0.542. The van der Waals surface area contributed by atoms with Crippen LogP contribution in [-0.2, 0) is 0 Å². The molecule has 2 N–H and O–H groups in total. The van der Waals surface area contributed by atoms with Crippen molar-refractivity contribution in [3.05, 3.63) is 28.2 Å². The molecule has 0 aliphatic carbocycles. The maximum Gasteiger partial charge on any atom is 0.322 e. The van der Waals surface area contributed by atoms with Crippen LogP contribution in [0.2, 0.25) is 10.0 Å². The Balaban J connectivity index is 2.08. The van der Waals surface area contributed by atoms with Gasteiger partial charge in [-0.1, -0.05) is 23.2 Å². The molecule has 2 rings (SSSR count). The van der Waals surface area contributed by atoms with Crippen molar-refractivity contribution in [3.63, 3.8) is 0 Å². The highest BCUT2D eigenvalue weighted by atomic mass is 35.5. The number of anilines is 1. The summed E-state index contributed by atoms with van der Waals surface area (Å²) < 4.78 is 0. The molecule has 1 aliphatic heterocycles. The number of benzene rings is 1. The number of piperazine rings is 1. The first-order valence-electron chi connectivity index (χ1n) is 5.81. The van der Waals surface area contributed by atoms with Gasteiger partial charge in [-0.05, 0) is 25.1 Å². The largest absolute Gasteiger partial charge is 0.322 e. The van der Waals surface area contributed by atoms with Gasteiger partial charge in [-0.2, -0.15) is 0 Å². The molecule has 98 valence electrons. The van der Waals surface area contributed by atoms with E-state index < -0.39 is 0 Å². The van der Waals surface area contributed by atoms with Crippen LogP contribution < -0.4 is 10.6 Å². The van der Waals surface area contributed by atoms with Crippen molar-refractivity contribution in [2.45, 2.75) is 13.0 Å². The summed E-state index contributed by atoms with van der Waals surface area (Å²) in [6.45, 7) is 4.30. The molecule has 1 saturated heterocycles. The predicted octanol–water partition coefficient (Wildman–Crippen LogP) is 2.82. The Morgan fingerprint density at radius 2 is 2.28 bits per heavy atom. The molecule has 1 aromatic rings. The van der Waals surface area contributed by atoms with E-state index in [4.69, 9.17) is 23.2 Å². The number of rotatable bonds is 1. The fourth-order valence-corrected chi connectivity index (χ4v) is 2.26. The second-order valence-corrected chi connectivity index (χ2v) is 5.14. The van der Waals surface area contributed by atoms with Crippen LogP contribution in [0, 0.1) is 0 Å². The van der Waals surface area contributed by atoms with Gasteiger partial charge in [-0.25, -0.2) is 4.79 Å². The first-order valence-corrected chi connectivity index (χ1v) is 6.57. The second-order valence-electron chi connectivity index (χ2n) is 4.30. The van der Waals surface area contributed by atoms with Crippen LogP contribution >= 0.6 is 23.2 Å². The first-order chi connectivity index (χ1) is 8.58. The van der Waals surface area contributed by atoms with E-state index in [0.29, 0.717) is 22.3 Å². The van der Waals surface area contributed by atoms with Crippen LogP contribution in [0.5, 0.6) is 0 Å². The molecule has 0 bridgehead atoms. The monoisotopic (exact) mass is 287 g/mol. The fraction of sp³-hybridized carbons (Fsp3) is 0.417. The summed E-state index contributed by atoms with van der Waals surface area (Å²) in [4.78, 5) is 13.9. The lowest BCUT2D eigenvalue weighted by molar-refractivity contribution is 0.177. The average Bonchev–Trinajstić information content (AvgIpc) is 2.34. The van der Waals surface area contributed by atoms with Crippen LogP contribution in [0.25, 0.3) is 0 Å². The third-order valence-electron chi connectivity index (χ3n) is 2.93. The lowest BCUT2D eigenvalue weighted by Crippen LogP contribution is -2.53. The van der Waals surface area contributed by atoms with Crippen molar-refractivity contribution in [3.8, 4) is 0 Å². The van der Waals surface area contributed by atoms with Crippen LogP contribution in [0.3, 0.4) is 0 Å². The summed E-state index contributed by atoms with van der Waals surface area (Å²) in [6.07, 6.45) is 0. The minimum Gasteiger partial charge on any atom is -0.319 e. The molecular formula is C12H15Cl2N3O. The number of nitrogens with zero attached hydrogens (tertiary/aromatic N) is 1. The summed E-state index contributed by atoms with van der Waals surface area (Å²) in [5.74, 6) is 0. The normalized spacial score (nSPS) is 19.7. The summed E-state index contributed by atoms with van der Waals surface area (Å²) in [5, 5.41) is 7.06.